The lowest BCUT2D eigenvalue weighted by Crippen LogP contribution is -2.18. The van der Waals surface area contributed by atoms with Crippen molar-refractivity contribution in [2.24, 2.45) is 0 Å². The number of unbranched alkanes of at least 4 members (excludes halogenated alkanes) is 1. The molecular formula is C23H26N2O5. The molecule has 0 spiro atoms. The number of carbonyl (C=O) groups excluding carboxylic acids is 1. The highest BCUT2D eigenvalue weighted by Crippen LogP contribution is 2.29. The minimum atomic E-state index is -0.526. The number of rotatable bonds is 9. The Balaban J connectivity index is 1.73. The number of pyridine rings is 1. The van der Waals surface area contributed by atoms with Gasteiger partial charge in [0.05, 0.1) is 24.5 Å². The quantitative estimate of drug-likeness (QED) is 0.393. The highest BCUT2D eigenvalue weighted by molar-refractivity contribution is 5.90. The van der Waals surface area contributed by atoms with E-state index in [4.69, 9.17) is 14.2 Å². The van der Waals surface area contributed by atoms with Gasteiger partial charge in [0.2, 0.25) is 0 Å². The zero-order valence-electron chi connectivity index (χ0n) is 17.5. The van der Waals surface area contributed by atoms with Crippen LogP contribution in [-0.4, -0.2) is 28.6 Å². The molecule has 3 rings (SSSR count). The molecule has 0 atom stereocenters. The van der Waals surface area contributed by atoms with Crippen LogP contribution in [0.4, 0.5) is 0 Å². The molecule has 0 unspecified atom stereocenters. The standard InChI is InChI=1S/C23H26N2O5/c1-4-6-12-29-19-11-10-17(13-20(19)28-5-2)23(27)30-15-18-14-22(26)25-16(3)8-7-9-21(25)24-18/h7-11,13-14H,4-6,12,15H2,1-3H3. The second kappa shape index (κ2) is 9.91. The van der Waals surface area contributed by atoms with Crippen LogP contribution < -0.4 is 15.0 Å². The number of aryl methyl sites for hydroxylation is 1. The number of ether oxygens (including phenoxy) is 3. The second-order valence-electron chi connectivity index (χ2n) is 6.82. The third-order valence-electron chi connectivity index (χ3n) is 4.52. The summed E-state index contributed by atoms with van der Waals surface area (Å²) < 4.78 is 18.2. The van der Waals surface area contributed by atoms with Crippen LogP contribution in [0.3, 0.4) is 0 Å². The van der Waals surface area contributed by atoms with Gasteiger partial charge in [0, 0.05) is 11.8 Å². The summed E-state index contributed by atoms with van der Waals surface area (Å²) in [7, 11) is 0. The van der Waals surface area contributed by atoms with E-state index in [-0.39, 0.29) is 12.2 Å². The van der Waals surface area contributed by atoms with Gasteiger partial charge in [-0.15, -0.1) is 0 Å². The summed E-state index contributed by atoms with van der Waals surface area (Å²) in [4.78, 5) is 29.3. The van der Waals surface area contributed by atoms with E-state index in [0.29, 0.717) is 41.6 Å². The molecule has 7 heteroatoms. The predicted octanol–water partition coefficient (Wildman–Crippen LogP) is 3.94. The molecule has 30 heavy (non-hydrogen) atoms. The normalized spacial score (nSPS) is 10.8. The average Bonchev–Trinajstić information content (AvgIpc) is 2.73. The summed E-state index contributed by atoms with van der Waals surface area (Å²) in [6, 6.07) is 11.7. The van der Waals surface area contributed by atoms with E-state index in [1.807, 2.05) is 26.0 Å². The van der Waals surface area contributed by atoms with Crippen molar-refractivity contribution >= 4 is 11.6 Å². The van der Waals surface area contributed by atoms with Gasteiger partial charge in [-0.2, -0.15) is 0 Å². The molecule has 3 aromatic rings. The number of esters is 1. The summed E-state index contributed by atoms with van der Waals surface area (Å²) in [5.41, 5.74) is 1.83. The number of hydrogen-bond donors (Lipinski definition) is 0. The van der Waals surface area contributed by atoms with Crippen molar-refractivity contribution in [3.05, 3.63) is 69.8 Å². The summed E-state index contributed by atoms with van der Waals surface area (Å²) in [6.07, 6.45) is 1.97. The molecule has 158 valence electrons. The Morgan fingerprint density at radius 1 is 1.07 bits per heavy atom. The van der Waals surface area contributed by atoms with E-state index in [1.54, 1.807) is 24.3 Å². The Bertz CT molecular complexity index is 1090. The highest BCUT2D eigenvalue weighted by atomic mass is 16.5. The van der Waals surface area contributed by atoms with Gasteiger partial charge in [0.15, 0.2) is 11.5 Å². The minimum absolute atomic E-state index is 0.1000. The fourth-order valence-corrected chi connectivity index (χ4v) is 3.01. The van der Waals surface area contributed by atoms with Crippen molar-refractivity contribution in [2.75, 3.05) is 13.2 Å². The molecule has 0 saturated heterocycles. The zero-order chi connectivity index (χ0) is 21.5. The Morgan fingerprint density at radius 2 is 1.90 bits per heavy atom. The van der Waals surface area contributed by atoms with Crippen LogP contribution in [0, 0.1) is 6.92 Å². The van der Waals surface area contributed by atoms with Crippen LogP contribution in [0.15, 0.2) is 47.3 Å². The molecule has 7 nitrogen and oxygen atoms in total. The molecule has 0 aliphatic rings. The Labute approximate surface area is 175 Å². The molecule has 0 saturated carbocycles. The van der Waals surface area contributed by atoms with Gasteiger partial charge < -0.3 is 14.2 Å². The fraction of sp³-hybridized carbons (Fsp3) is 0.348. The van der Waals surface area contributed by atoms with Crippen molar-refractivity contribution in [2.45, 2.75) is 40.2 Å². The van der Waals surface area contributed by atoms with Crippen molar-refractivity contribution in [1.82, 2.24) is 9.38 Å². The summed E-state index contributed by atoms with van der Waals surface area (Å²) in [5.74, 6) is 0.573. The van der Waals surface area contributed by atoms with Crippen LogP contribution >= 0.6 is 0 Å². The van der Waals surface area contributed by atoms with Crippen molar-refractivity contribution in [1.29, 1.82) is 0 Å². The third-order valence-corrected chi connectivity index (χ3v) is 4.52. The lowest BCUT2D eigenvalue weighted by Gasteiger charge is -2.13. The fourth-order valence-electron chi connectivity index (χ4n) is 3.01. The highest BCUT2D eigenvalue weighted by Gasteiger charge is 2.14. The molecule has 0 aliphatic heterocycles. The molecule has 0 amide bonds. The maximum absolute atomic E-state index is 12.5. The van der Waals surface area contributed by atoms with E-state index in [9.17, 15) is 9.59 Å². The van der Waals surface area contributed by atoms with E-state index >= 15 is 0 Å². The molecule has 0 bridgehead atoms. The maximum Gasteiger partial charge on any atom is 0.338 e. The van der Waals surface area contributed by atoms with Crippen LogP contribution in [0.5, 0.6) is 11.5 Å². The zero-order valence-corrected chi connectivity index (χ0v) is 17.5. The van der Waals surface area contributed by atoms with Crippen LogP contribution in [0.2, 0.25) is 0 Å². The second-order valence-corrected chi connectivity index (χ2v) is 6.82. The van der Waals surface area contributed by atoms with Crippen LogP contribution in [-0.2, 0) is 11.3 Å². The number of carbonyl (C=O) groups is 1. The van der Waals surface area contributed by atoms with Crippen molar-refractivity contribution < 1.29 is 19.0 Å². The number of benzene rings is 1. The molecule has 0 N–H and O–H groups in total. The number of aromatic nitrogens is 2. The van der Waals surface area contributed by atoms with Gasteiger partial charge in [-0.1, -0.05) is 19.4 Å². The molecule has 2 heterocycles. The number of nitrogens with zero attached hydrogens (tertiary/aromatic N) is 2. The molecule has 0 fully saturated rings. The molecule has 2 aromatic heterocycles. The summed E-state index contributed by atoms with van der Waals surface area (Å²) in [5, 5.41) is 0. The van der Waals surface area contributed by atoms with Crippen LogP contribution in [0.25, 0.3) is 5.65 Å². The first kappa shape index (κ1) is 21.4. The van der Waals surface area contributed by atoms with Crippen LogP contribution in [0.1, 0.15) is 48.4 Å². The van der Waals surface area contributed by atoms with Crippen molar-refractivity contribution in [3.63, 3.8) is 0 Å². The van der Waals surface area contributed by atoms with E-state index in [1.165, 1.54) is 10.5 Å². The van der Waals surface area contributed by atoms with Gasteiger partial charge >= 0.3 is 5.97 Å². The largest absolute Gasteiger partial charge is 0.490 e. The lowest BCUT2D eigenvalue weighted by atomic mass is 10.2. The smallest absolute Gasteiger partial charge is 0.338 e. The van der Waals surface area contributed by atoms with Gasteiger partial charge in [0.25, 0.3) is 5.56 Å². The van der Waals surface area contributed by atoms with Gasteiger partial charge in [0.1, 0.15) is 12.3 Å². The minimum Gasteiger partial charge on any atom is -0.490 e. The predicted molar refractivity (Wildman–Crippen MR) is 113 cm³/mol. The van der Waals surface area contributed by atoms with Gasteiger partial charge in [-0.05, 0) is 50.6 Å². The third kappa shape index (κ3) is 4.97. The Hall–Kier alpha value is -3.35. The Morgan fingerprint density at radius 3 is 2.67 bits per heavy atom. The molecular weight excluding hydrogens is 384 g/mol. The summed E-state index contributed by atoms with van der Waals surface area (Å²) in [6.45, 7) is 6.73. The topological polar surface area (TPSA) is 79.1 Å². The number of fused-ring (bicyclic) bond motifs is 1. The lowest BCUT2D eigenvalue weighted by molar-refractivity contribution is 0.0467. The van der Waals surface area contributed by atoms with Gasteiger partial charge in [-0.3, -0.25) is 9.20 Å². The molecule has 0 aliphatic carbocycles. The SMILES string of the molecule is CCCCOc1ccc(C(=O)OCc2cc(=O)n3c(C)cccc3n2)cc1OCC. The average molecular weight is 410 g/mol. The monoisotopic (exact) mass is 410 g/mol. The van der Waals surface area contributed by atoms with E-state index in [0.717, 1.165) is 18.5 Å². The summed E-state index contributed by atoms with van der Waals surface area (Å²) >= 11 is 0. The Kier molecular flexibility index (Phi) is 7.06. The van der Waals surface area contributed by atoms with E-state index in [2.05, 4.69) is 11.9 Å². The number of hydrogen-bond acceptors (Lipinski definition) is 6. The van der Waals surface area contributed by atoms with Crippen molar-refractivity contribution in [3.8, 4) is 11.5 Å². The van der Waals surface area contributed by atoms with Gasteiger partial charge in [-0.25, -0.2) is 9.78 Å². The molecule has 1 aromatic carbocycles. The first-order valence-electron chi connectivity index (χ1n) is 10.1. The maximum atomic E-state index is 12.5. The van der Waals surface area contributed by atoms with E-state index < -0.39 is 5.97 Å². The first-order chi connectivity index (χ1) is 14.5. The molecule has 0 radical (unpaired) electrons. The first-order valence-corrected chi connectivity index (χ1v) is 10.1.